The fourth-order valence-electron chi connectivity index (χ4n) is 4.78. The summed E-state index contributed by atoms with van der Waals surface area (Å²) in [7, 11) is 0. The van der Waals surface area contributed by atoms with Crippen LogP contribution in [0.25, 0.3) is 22.3 Å². The van der Waals surface area contributed by atoms with Crippen LogP contribution in [0.3, 0.4) is 0 Å². The molecule has 1 aliphatic carbocycles. The number of aromatic nitrogens is 2. The molecular formula is C23H28N4O. The summed E-state index contributed by atoms with van der Waals surface area (Å²) in [6, 6.07) is 8.62. The number of anilines is 1. The Bertz CT molecular complexity index is 1050. The molecule has 2 aliphatic rings. The third-order valence-electron chi connectivity index (χ3n) is 6.56. The molecule has 0 unspecified atom stereocenters. The molecule has 2 aromatic heterocycles. The smallest absolute Gasteiger partial charge is 0.143 e. The van der Waals surface area contributed by atoms with Gasteiger partial charge in [0, 0.05) is 54.1 Å². The van der Waals surface area contributed by atoms with Gasteiger partial charge in [-0.3, -0.25) is 4.90 Å². The van der Waals surface area contributed by atoms with Crippen LogP contribution in [-0.4, -0.2) is 47.3 Å². The summed E-state index contributed by atoms with van der Waals surface area (Å²) in [5.41, 5.74) is 16.2. The number of nitrogens with two attached hydrogens (primary N) is 1. The highest BCUT2D eigenvalue weighted by Crippen LogP contribution is 2.40. The van der Waals surface area contributed by atoms with Crippen LogP contribution in [0.5, 0.6) is 0 Å². The van der Waals surface area contributed by atoms with E-state index in [1.165, 1.54) is 27.9 Å². The van der Waals surface area contributed by atoms with Crippen molar-refractivity contribution in [3.05, 3.63) is 46.6 Å². The third-order valence-corrected chi connectivity index (χ3v) is 6.56. The number of pyridine rings is 1. The minimum absolute atomic E-state index is 0.833. The number of aryl methyl sites for hydroxylation is 2. The van der Waals surface area contributed by atoms with E-state index in [0.717, 1.165) is 74.6 Å². The van der Waals surface area contributed by atoms with E-state index in [0.29, 0.717) is 0 Å². The number of hydrogen-bond acceptors (Lipinski definition) is 4. The molecule has 3 heterocycles. The number of benzene rings is 1. The van der Waals surface area contributed by atoms with Crippen LogP contribution in [0.2, 0.25) is 0 Å². The van der Waals surface area contributed by atoms with Gasteiger partial charge in [-0.15, -0.1) is 0 Å². The Morgan fingerprint density at radius 2 is 1.86 bits per heavy atom. The zero-order chi connectivity index (χ0) is 19.3. The van der Waals surface area contributed by atoms with Crippen molar-refractivity contribution in [3.8, 4) is 11.3 Å². The summed E-state index contributed by atoms with van der Waals surface area (Å²) in [5, 5.41) is 1.15. The van der Waals surface area contributed by atoms with Crippen molar-refractivity contribution in [1.82, 2.24) is 14.5 Å². The van der Waals surface area contributed by atoms with E-state index in [2.05, 4.69) is 47.6 Å². The fraction of sp³-hybridized carbons (Fsp3) is 0.435. The summed E-state index contributed by atoms with van der Waals surface area (Å²) in [6.07, 6.45) is 2.01. The largest absolute Gasteiger partial charge is 0.398 e. The monoisotopic (exact) mass is 376 g/mol. The van der Waals surface area contributed by atoms with Crippen LogP contribution in [0, 0.1) is 13.8 Å². The van der Waals surface area contributed by atoms with Gasteiger partial charge in [0.15, 0.2) is 0 Å². The SMILES string of the molecule is Cc1c(C)n(CCN2CCOCC2)c2nc3c(c(N)c12)CCc1ccccc1-3. The number of nitrogens with zero attached hydrogens (tertiary/aromatic N) is 3. The summed E-state index contributed by atoms with van der Waals surface area (Å²) in [4.78, 5) is 7.68. The van der Waals surface area contributed by atoms with Gasteiger partial charge in [-0.05, 0) is 37.8 Å². The molecule has 0 bridgehead atoms. The molecular weight excluding hydrogens is 348 g/mol. The molecule has 3 aromatic rings. The average Bonchev–Trinajstić information content (AvgIpc) is 2.97. The van der Waals surface area contributed by atoms with Crippen molar-refractivity contribution in [2.24, 2.45) is 0 Å². The predicted molar refractivity (Wildman–Crippen MR) is 114 cm³/mol. The average molecular weight is 377 g/mol. The first kappa shape index (κ1) is 17.7. The third kappa shape index (κ3) is 2.73. The molecule has 5 heteroatoms. The quantitative estimate of drug-likeness (QED) is 0.762. The molecule has 146 valence electrons. The van der Waals surface area contributed by atoms with E-state index < -0.39 is 0 Å². The molecule has 1 saturated heterocycles. The van der Waals surface area contributed by atoms with Crippen molar-refractivity contribution in [1.29, 1.82) is 0 Å². The van der Waals surface area contributed by atoms with Crippen LogP contribution in [0.15, 0.2) is 24.3 Å². The van der Waals surface area contributed by atoms with Crippen LogP contribution < -0.4 is 5.73 Å². The van der Waals surface area contributed by atoms with Crippen LogP contribution in [-0.2, 0) is 24.1 Å². The number of nitrogen functional groups attached to an aromatic ring is 1. The van der Waals surface area contributed by atoms with Gasteiger partial charge in [0.25, 0.3) is 0 Å². The molecule has 1 aromatic carbocycles. The second-order valence-electron chi connectivity index (χ2n) is 8.02. The molecule has 0 radical (unpaired) electrons. The summed E-state index contributed by atoms with van der Waals surface area (Å²) >= 11 is 0. The minimum atomic E-state index is 0.833. The Morgan fingerprint density at radius 1 is 1.07 bits per heavy atom. The summed E-state index contributed by atoms with van der Waals surface area (Å²) in [5.74, 6) is 0. The zero-order valence-corrected chi connectivity index (χ0v) is 16.8. The molecule has 0 spiro atoms. The Morgan fingerprint density at radius 3 is 2.68 bits per heavy atom. The Labute approximate surface area is 166 Å². The lowest BCUT2D eigenvalue weighted by molar-refractivity contribution is 0.0364. The lowest BCUT2D eigenvalue weighted by atomic mass is 9.87. The number of fused-ring (bicyclic) bond motifs is 4. The van der Waals surface area contributed by atoms with Crippen molar-refractivity contribution >= 4 is 16.7 Å². The second-order valence-corrected chi connectivity index (χ2v) is 8.02. The fourth-order valence-corrected chi connectivity index (χ4v) is 4.78. The Kier molecular flexibility index (Phi) is 4.37. The second kappa shape index (κ2) is 6.90. The van der Waals surface area contributed by atoms with Gasteiger partial charge < -0.3 is 15.0 Å². The first-order valence-electron chi connectivity index (χ1n) is 10.3. The predicted octanol–water partition coefficient (Wildman–Crippen LogP) is 3.33. The molecule has 0 atom stereocenters. The number of hydrogen-bond donors (Lipinski definition) is 1. The highest BCUT2D eigenvalue weighted by Gasteiger charge is 2.25. The maximum Gasteiger partial charge on any atom is 0.143 e. The van der Waals surface area contributed by atoms with Gasteiger partial charge in [-0.25, -0.2) is 4.98 Å². The lowest BCUT2D eigenvalue weighted by Gasteiger charge is -2.27. The molecule has 0 amide bonds. The summed E-state index contributed by atoms with van der Waals surface area (Å²) < 4.78 is 7.85. The maximum atomic E-state index is 6.74. The van der Waals surface area contributed by atoms with Crippen molar-refractivity contribution in [2.75, 3.05) is 38.6 Å². The van der Waals surface area contributed by atoms with Crippen LogP contribution in [0.1, 0.15) is 22.4 Å². The topological polar surface area (TPSA) is 56.3 Å². The molecule has 1 aliphatic heterocycles. The minimum Gasteiger partial charge on any atom is -0.398 e. The van der Waals surface area contributed by atoms with Crippen LogP contribution >= 0.6 is 0 Å². The van der Waals surface area contributed by atoms with Gasteiger partial charge in [0.2, 0.25) is 0 Å². The molecule has 2 N–H and O–H groups in total. The number of ether oxygens (including phenoxy) is 1. The standard InChI is InChI=1S/C23H28N4O/c1-15-16(2)27(10-9-26-11-13-28-14-12-26)23-20(15)21(24)19-8-7-17-5-3-4-6-18(17)22(19)25-23/h3-6H,7-14H2,1-2H3,(H2,24,25). The van der Waals surface area contributed by atoms with Crippen LogP contribution in [0.4, 0.5) is 5.69 Å². The van der Waals surface area contributed by atoms with E-state index in [4.69, 9.17) is 15.5 Å². The Balaban J connectivity index is 1.62. The highest BCUT2D eigenvalue weighted by molar-refractivity contribution is 5.98. The van der Waals surface area contributed by atoms with Gasteiger partial charge in [0.05, 0.1) is 18.9 Å². The summed E-state index contributed by atoms with van der Waals surface area (Å²) in [6.45, 7) is 10.0. The van der Waals surface area contributed by atoms with E-state index in [9.17, 15) is 0 Å². The molecule has 1 fully saturated rings. The maximum absolute atomic E-state index is 6.74. The number of rotatable bonds is 3. The van der Waals surface area contributed by atoms with Gasteiger partial charge >= 0.3 is 0 Å². The molecule has 5 rings (SSSR count). The first-order chi connectivity index (χ1) is 13.6. The normalized spacial score (nSPS) is 16.9. The molecule has 0 saturated carbocycles. The molecule has 5 nitrogen and oxygen atoms in total. The zero-order valence-electron chi connectivity index (χ0n) is 16.8. The van der Waals surface area contributed by atoms with Gasteiger partial charge in [0.1, 0.15) is 5.65 Å². The van der Waals surface area contributed by atoms with Crippen molar-refractivity contribution < 1.29 is 4.74 Å². The van der Waals surface area contributed by atoms with E-state index in [1.807, 2.05) is 0 Å². The first-order valence-corrected chi connectivity index (χ1v) is 10.3. The van der Waals surface area contributed by atoms with Gasteiger partial charge in [-0.2, -0.15) is 0 Å². The highest BCUT2D eigenvalue weighted by atomic mass is 16.5. The van der Waals surface area contributed by atoms with Crippen molar-refractivity contribution in [2.45, 2.75) is 33.2 Å². The Hall–Kier alpha value is -2.37. The number of morpholine rings is 1. The lowest BCUT2D eigenvalue weighted by Crippen LogP contribution is -2.38. The van der Waals surface area contributed by atoms with E-state index >= 15 is 0 Å². The molecule has 28 heavy (non-hydrogen) atoms. The van der Waals surface area contributed by atoms with Gasteiger partial charge in [-0.1, -0.05) is 24.3 Å². The van der Waals surface area contributed by atoms with Crippen molar-refractivity contribution in [3.63, 3.8) is 0 Å². The van der Waals surface area contributed by atoms with E-state index in [-0.39, 0.29) is 0 Å². The van der Waals surface area contributed by atoms with E-state index in [1.54, 1.807) is 0 Å².